The van der Waals surface area contributed by atoms with Gasteiger partial charge in [0, 0.05) is 6.61 Å². The molecule has 0 saturated heterocycles. The molecule has 2 unspecified atom stereocenters. The van der Waals surface area contributed by atoms with Gasteiger partial charge in [-0.1, -0.05) is 17.7 Å². The van der Waals surface area contributed by atoms with Crippen LogP contribution < -0.4 is 0 Å². The van der Waals surface area contributed by atoms with E-state index >= 15 is 0 Å². The van der Waals surface area contributed by atoms with Crippen molar-refractivity contribution in [2.24, 2.45) is 0 Å². The summed E-state index contributed by atoms with van der Waals surface area (Å²) in [6.45, 7) is -0.242. The Kier molecular flexibility index (Phi) is 4.47. The van der Waals surface area contributed by atoms with Crippen LogP contribution in [0.1, 0.15) is 18.1 Å². The normalized spacial score (nSPS) is 15.0. The predicted octanol–water partition coefficient (Wildman–Crippen LogP) is 1.26. The van der Waals surface area contributed by atoms with E-state index in [2.05, 4.69) is 0 Å². The smallest absolute Gasteiger partial charge is 0.142 e. The third-order valence-electron chi connectivity index (χ3n) is 2.07. The van der Waals surface area contributed by atoms with Crippen molar-refractivity contribution in [3.8, 4) is 0 Å². The monoisotopic (exact) mass is 234 g/mol. The molecule has 84 valence electrons. The van der Waals surface area contributed by atoms with E-state index in [1.807, 2.05) is 0 Å². The Morgan fingerprint density at radius 1 is 1.33 bits per heavy atom. The summed E-state index contributed by atoms with van der Waals surface area (Å²) < 4.78 is 13.0. The molecule has 0 radical (unpaired) electrons. The Hall–Kier alpha value is -0.680. The van der Waals surface area contributed by atoms with Crippen LogP contribution in [0.3, 0.4) is 0 Å². The highest BCUT2D eigenvalue weighted by Crippen LogP contribution is 2.23. The van der Waals surface area contributed by atoms with Crippen molar-refractivity contribution in [2.75, 3.05) is 6.61 Å². The van der Waals surface area contributed by atoms with Gasteiger partial charge in [0.1, 0.15) is 11.9 Å². The summed E-state index contributed by atoms with van der Waals surface area (Å²) in [7, 11) is 0. The first-order chi connectivity index (χ1) is 7.06. The second-order valence-corrected chi connectivity index (χ2v) is 3.61. The van der Waals surface area contributed by atoms with Crippen molar-refractivity contribution in [3.05, 3.63) is 34.6 Å². The summed E-state index contributed by atoms with van der Waals surface area (Å²) >= 11 is 5.47. The van der Waals surface area contributed by atoms with E-state index in [1.54, 1.807) is 0 Å². The van der Waals surface area contributed by atoms with Crippen LogP contribution in [-0.2, 0) is 0 Å². The van der Waals surface area contributed by atoms with Crippen LogP contribution in [0.5, 0.6) is 0 Å². The molecule has 3 N–H and O–H groups in total. The molecule has 0 amide bonds. The molecular formula is C10H12ClFO3. The minimum atomic E-state index is -1.22. The molecule has 0 aliphatic carbocycles. The molecule has 2 atom stereocenters. The Labute approximate surface area is 91.7 Å². The number of benzene rings is 1. The van der Waals surface area contributed by atoms with Crippen molar-refractivity contribution in [3.63, 3.8) is 0 Å². The lowest BCUT2D eigenvalue weighted by Crippen LogP contribution is -2.19. The molecule has 5 heteroatoms. The van der Waals surface area contributed by atoms with E-state index in [1.165, 1.54) is 12.1 Å². The second kappa shape index (κ2) is 5.42. The van der Waals surface area contributed by atoms with Crippen molar-refractivity contribution in [1.29, 1.82) is 0 Å². The van der Waals surface area contributed by atoms with Crippen LogP contribution >= 0.6 is 11.6 Å². The Balaban J connectivity index is 2.81. The molecule has 0 fully saturated rings. The number of rotatable bonds is 4. The summed E-state index contributed by atoms with van der Waals surface area (Å²) in [6.07, 6.45) is -2.30. The second-order valence-electron chi connectivity index (χ2n) is 3.20. The molecule has 0 aromatic heterocycles. The van der Waals surface area contributed by atoms with Crippen molar-refractivity contribution >= 4 is 11.6 Å². The largest absolute Gasteiger partial charge is 0.396 e. The van der Waals surface area contributed by atoms with E-state index in [0.29, 0.717) is 0 Å². The van der Waals surface area contributed by atoms with Crippen molar-refractivity contribution in [2.45, 2.75) is 18.6 Å². The van der Waals surface area contributed by atoms with Gasteiger partial charge in [0.2, 0.25) is 0 Å². The van der Waals surface area contributed by atoms with Crippen LogP contribution in [-0.4, -0.2) is 28.0 Å². The van der Waals surface area contributed by atoms with Gasteiger partial charge in [0.05, 0.1) is 11.1 Å². The summed E-state index contributed by atoms with van der Waals surface area (Å²) in [4.78, 5) is 0. The van der Waals surface area contributed by atoms with Gasteiger partial charge in [0.15, 0.2) is 0 Å². The first kappa shape index (κ1) is 12.4. The first-order valence-electron chi connectivity index (χ1n) is 4.48. The zero-order chi connectivity index (χ0) is 11.4. The zero-order valence-corrected chi connectivity index (χ0v) is 8.65. The van der Waals surface area contributed by atoms with E-state index in [0.717, 1.165) is 6.07 Å². The highest BCUT2D eigenvalue weighted by atomic mass is 35.5. The summed E-state index contributed by atoms with van der Waals surface area (Å²) in [5.74, 6) is -0.649. The lowest BCUT2D eigenvalue weighted by Gasteiger charge is -2.17. The minimum Gasteiger partial charge on any atom is -0.396 e. The molecule has 0 aliphatic heterocycles. The molecule has 0 heterocycles. The van der Waals surface area contributed by atoms with Crippen LogP contribution in [0, 0.1) is 5.82 Å². The van der Waals surface area contributed by atoms with Crippen LogP contribution in [0.4, 0.5) is 4.39 Å². The molecule has 1 rings (SSSR count). The highest BCUT2D eigenvalue weighted by molar-refractivity contribution is 6.30. The lowest BCUT2D eigenvalue weighted by molar-refractivity contribution is 0.00408. The standard InChI is InChI=1S/C10H12ClFO3/c11-7-2-1-6(5-8(7)12)10(15)9(14)3-4-13/h1-2,5,9-10,13-15H,3-4H2. The maximum Gasteiger partial charge on any atom is 0.142 e. The zero-order valence-electron chi connectivity index (χ0n) is 7.90. The SMILES string of the molecule is OCCC(O)C(O)c1ccc(Cl)c(F)c1. The molecular weight excluding hydrogens is 223 g/mol. The molecule has 1 aromatic rings. The topological polar surface area (TPSA) is 60.7 Å². The van der Waals surface area contributed by atoms with Gasteiger partial charge in [-0.25, -0.2) is 4.39 Å². The number of hydrogen-bond acceptors (Lipinski definition) is 3. The van der Waals surface area contributed by atoms with E-state index in [9.17, 15) is 14.6 Å². The van der Waals surface area contributed by atoms with Crippen LogP contribution in [0.25, 0.3) is 0 Å². The molecule has 1 aromatic carbocycles. The fraction of sp³-hybridized carbons (Fsp3) is 0.400. The van der Waals surface area contributed by atoms with E-state index in [4.69, 9.17) is 16.7 Å². The Bertz CT molecular complexity index is 332. The van der Waals surface area contributed by atoms with Crippen molar-refractivity contribution < 1.29 is 19.7 Å². The molecule has 0 spiro atoms. The maximum atomic E-state index is 13.0. The van der Waals surface area contributed by atoms with Gasteiger partial charge in [-0.2, -0.15) is 0 Å². The quantitative estimate of drug-likeness (QED) is 0.735. The molecule has 0 aliphatic rings. The van der Waals surface area contributed by atoms with E-state index in [-0.39, 0.29) is 23.6 Å². The van der Waals surface area contributed by atoms with Crippen LogP contribution in [0.2, 0.25) is 5.02 Å². The van der Waals surface area contributed by atoms with Gasteiger partial charge in [-0.3, -0.25) is 0 Å². The van der Waals surface area contributed by atoms with Crippen molar-refractivity contribution in [1.82, 2.24) is 0 Å². The average Bonchev–Trinajstić information content (AvgIpc) is 2.21. The predicted molar refractivity (Wildman–Crippen MR) is 54.1 cm³/mol. The number of halogens is 2. The summed E-state index contributed by atoms with van der Waals surface area (Å²) in [6, 6.07) is 3.80. The van der Waals surface area contributed by atoms with Gasteiger partial charge >= 0.3 is 0 Å². The van der Waals surface area contributed by atoms with Gasteiger partial charge in [-0.15, -0.1) is 0 Å². The first-order valence-corrected chi connectivity index (χ1v) is 4.86. The maximum absolute atomic E-state index is 13.0. The van der Waals surface area contributed by atoms with Gasteiger partial charge in [0.25, 0.3) is 0 Å². The fourth-order valence-corrected chi connectivity index (χ4v) is 1.33. The van der Waals surface area contributed by atoms with Gasteiger partial charge in [-0.05, 0) is 24.1 Å². The molecule has 3 nitrogen and oxygen atoms in total. The molecule has 15 heavy (non-hydrogen) atoms. The number of hydrogen-bond donors (Lipinski definition) is 3. The molecule has 0 bridgehead atoms. The Morgan fingerprint density at radius 3 is 2.53 bits per heavy atom. The average molecular weight is 235 g/mol. The third kappa shape index (κ3) is 3.14. The fourth-order valence-electron chi connectivity index (χ4n) is 1.21. The van der Waals surface area contributed by atoms with Crippen LogP contribution in [0.15, 0.2) is 18.2 Å². The highest BCUT2D eigenvalue weighted by Gasteiger charge is 2.18. The minimum absolute atomic E-state index is 0.0331. The number of aliphatic hydroxyl groups excluding tert-OH is 3. The van der Waals surface area contributed by atoms with E-state index < -0.39 is 18.0 Å². The summed E-state index contributed by atoms with van der Waals surface area (Å²) in [5, 5.41) is 27.5. The Morgan fingerprint density at radius 2 is 2.00 bits per heavy atom. The van der Waals surface area contributed by atoms with Gasteiger partial charge < -0.3 is 15.3 Å². The molecule has 0 saturated carbocycles. The summed E-state index contributed by atoms with van der Waals surface area (Å²) in [5.41, 5.74) is 0.234. The number of aliphatic hydroxyl groups is 3. The third-order valence-corrected chi connectivity index (χ3v) is 2.38. The lowest BCUT2D eigenvalue weighted by atomic mass is 10.0.